The fraction of sp³-hybridized carbons (Fsp3) is 0.133. The molecule has 7 heteroatoms. The van der Waals surface area contributed by atoms with E-state index in [2.05, 4.69) is 0 Å². The molecule has 0 aliphatic heterocycles. The van der Waals surface area contributed by atoms with Gasteiger partial charge in [0.25, 0.3) is 5.92 Å². The van der Waals surface area contributed by atoms with E-state index < -0.39 is 23.2 Å². The van der Waals surface area contributed by atoms with Gasteiger partial charge in [-0.25, -0.2) is 8.78 Å². The van der Waals surface area contributed by atoms with Crippen molar-refractivity contribution in [2.24, 2.45) is 0 Å². The maximum atomic E-state index is 14.2. The molecule has 2 aromatic carbocycles. The Kier molecular flexibility index (Phi) is 4.68. The third-order valence-corrected chi connectivity index (χ3v) is 3.40. The minimum absolute atomic E-state index is 0.184. The number of benzene rings is 2. The van der Waals surface area contributed by atoms with Gasteiger partial charge in [0.05, 0.1) is 17.0 Å². The Morgan fingerprint density at radius 3 is 2.14 bits per heavy atom. The molecule has 0 bridgehead atoms. The molecular weight excluding hydrogens is 346 g/mol. The van der Waals surface area contributed by atoms with Gasteiger partial charge in [-0.3, -0.25) is 0 Å². The van der Waals surface area contributed by atoms with E-state index in [9.17, 15) is 22.0 Å². The molecule has 117 valence electrons. The first-order valence-corrected chi connectivity index (χ1v) is 6.72. The van der Waals surface area contributed by atoms with Crippen molar-refractivity contribution in [2.75, 3.05) is 0 Å². The minimum Gasteiger partial charge on any atom is -0.201 e. The summed E-state index contributed by atoms with van der Waals surface area (Å²) in [6, 6.07) is 7.10. The van der Waals surface area contributed by atoms with Gasteiger partial charge in [-0.05, 0) is 23.8 Å². The molecule has 0 heterocycles. The van der Waals surface area contributed by atoms with Crippen molar-refractivity contribution in [2.45, 2.75) is 12.1 Å². The standard InChI is InChI=1S/C15H8Cl2F5/c16-11-4-5-12(13(17)7-11)14(18,19)8-9-2-1-3-10(6-9)15(20,21)22/h1-8H. The summed E-state index contributed by atoms with van der Waals surface area (Å²) in [6.45, 7) is 0. The maximum Gasteiger partial charge on any atom is 0.416 e. The van der Waals surface area contributed by atoms with Crippen molar-refractivity contribution in [1.29, 1.82) is 0 Å². The van der Waals surface area contributed by atoms with Crippen LogP contribution in [0.3, 0.4) is 0 Å². The minimum atomic E-state index is -4.60. The highest BCUT2D eigenvalue weighted by Gasteiger charge is 2.36. The third kappa shape index (κ3) is 3.90. The van der Waals surface area contributed by atoms with Crippen LogP contribution in [0.25, 0.3) is 0 Å². The number of hydrogen-bond acceptors (Lipinski definition) is 0. The topological polar surface area (TPSA) is 0 Å². The predicted molar refractivity (Wildman–Crippen MR) is 75.2 cm³/mol. The van der Waals surface area contributed by atoms with E-state index in [1.54, 1.807) is 0 Å². The zero-order chi connectivity index (χ0) is 16.5. The quantitative estimate of drug-likeness (QED) is 0.563. The highest BCUT2D eigenvalue weighted by Crippen LogP contribution is 2.39. The maximum absolute atomic E-state index is 14.2. The molecule has 0 spiro atoms. The monoisotopic (exact) mass is 353 g/mol. The van der Waals surface area contributed by atoms with E-state index in [4.69, 9.17) is 23.2 Å². The second-order valence-electron chi connectivity index (χ2n) is 4.51. The molecule has 1 radical (unpaired) electrons. The second kappa shape index (κ2) is 6.05. The number of alkyl halides is 5. The molecule has 0 aliphatic rings. The van der Waals surface area contributed by atoms with Crippen LogP contribution in [0.5, 0.6) is 0 Å². The van der Waals surface area contributed by atoms with Crippen LogP contribution in [0.15, 0.2) is 42.5 Å². The molecule has 0 fully saturated rings. The smallest absolute Gasteiger partial charge is 0.201 e. The molecular formula is C15H8Cl2F5. The van der Waals surface area contributed by atoms with Crippen LogP contribution in [0.1, 0.15) is 16.7 Å². The van der Waals surface area contributed by atoms with Gasteiger partial charge in [0.15, 0.2) is 0 Å². The van der Waals surface area contributed by atoms with Gasteiger partial charge in [0, 0.05) is 10.6 Å². The molecule has 2 rings (SSSR count). The normalized spacial score (nSPS) is 12.5. The van der Waals surface area contributed by atoms with Gasteiger partial charge >= 0.3 is 6.18 Å². The van der Waals surface area contributed by atoms with Crippen molar-refractivity contribution in [3.05, 3.63) is 75.6 Å². The van der Waals surface area contributed by atoms with Crippen molar-refractivity contribution in [3.63, 3.8) is 0 Å². The van der Waals surface area contributed by atoms with Crippen LogP contribution in [0.4, 0.5) is 22.0 Å². The summed E-state index contributed by atoms with van der Waals surface area (Å²) >= 11 is 11.4. The molecule has 0 amide bonds. The van der Waals surface area contributed by atoms with Gasteiger partial charge in [0.1, 0.15) is 0 Å². The summed E-state index contributed by atoms with van der Waals surface area (Å²) in [5.74, 6) is -3.54. The lowest BCUT2D eigenvalue weighted by Gasteiger charge is -2.18. The largest absolute Gasteiger partial charge is 0.416 e. The first-order chi connectivity index (χ1) is 10.1. The third-order valence-electron chi connectivity index (χ3n) is 2.85. The summed E-state index contributed by atoms with van der Waals surface area (Å²) in [4.78, 5) is 0. The van der Waals surface area contributed by atoms with Gasteiger partial charge in [-0.2, -0.15) is 13.2 Å². The van der Waals surface area contributed by atoms with Crippen LogP contribution in [0, 0.1) is 6.42 Å². The molecule has 0 atom stereocenters. The predicted octanol–water partition coefficient (Wildman–Crippen LogP) is 6.36. The van der Waals surface area contributed by atoms with Gasteiger partial charge in [-0.15, -0.1) is 0 Å². The van der Waals surface area contributed by atoms with Gasteiger partial charge < -0.3 is 0 Å². The van der Waals surface area contributed by atoms with Crippen molar-refractivity contribution >= 4 is 23.2 Å². The molecule has 0 nitrogen and oxygen atoms in total. The Morgan fingerprint density at radius 1 is 0.864 bits per heavy atom. The highest BCUT2D eigenvalue weighted by atomic mass is 35.5. The molecule has 22 heavy (non-hydrogen) atoms. The number of hydrogen-bond donors (Lipinski definition) is 0. The van der Waals surface area contributed by atoms with Gasteiger partial charge in [0.2, 0.25) is 0 Å². The van der Waals surface area contributed by atoms with Crippen LogP contribution in [-0.4, -0.2) is 0 Å². The molecule has 0 N–H and O–H groups in total. The first kappa shape index (κ1) is 17.0. The summed E-state index contributed by atoms with van der Waals surface area (Å²) < 4.78 is 66.2. The summed E-state index contributed by atoms with van der Waals surface area (Å²) in [7, 11) is 0. The Morgan fingerprint density at radius 2 is 1.55 bits per heavy atom. The van der Waals surface area contributed by atoms with Crippen molar-refractivity contribution in [1.82, 2.24) is 0 Å². The Balaban J connectivity index is 2.32. The Bertz CT molecular complexity index is 680. The molecule has 0 aliphatic carbocycles. The fourth-order valence-corrected chi connectivity index (χ4v) is 2.39. The lowest BCUT2D eigenvalue weighted by Crippen LogP contribution is -2.16. The average Bonchev–Trinajstić information content (AvgIpc) is 2.36. The number of rotatable bonds is 3. The Labute approximate surface area is 133 Å². The first-order valence-electron chi connectivity index (χ1n) is 5.96. The molecule has 0 unspecified atom stereocenters. The van der Waals surface area contributed by atoms with Crippen LogP contribution in [0.2, 0.25) is 10.0 Å². The van der Waals surface area contributed by atoms with Crippen molar-refractivity contribution < 1.29 is 22.0 Å². The van der Waals surface area contributed by atoms with E-state index >= 15 is 0 Å². The molecule has 0 saturated heterocycles. The lowest BCUT2D eigenvalue weighted by molar-refractivity contribution is -0.137. The van der Waals surface area contributed by atoms with E-state index in [1.165, 1.54) is 6.07 Å². The fourth-order valence-electron chi connectivity index (χ4n) is 1.85. The summed E-state index contributed by atoms with van der Waals surface area (Å²) in [6.07, 6.45) is -4.17. The molecule has 2 aromatic rings. The summed E-state index contributed by atoms with van der Waals surface area (Å²) in [5, 5.41) is -0.0793. The second-order valence-corrected chi connectivity index (χ2v) is 5.36. The molecule has 0 aromatic heterocycles. The van der Waals surface area contributed by atoms with E-state index in [0.717, 1.165) is 30.3 Å². The van der Waals surface area contributed by atoms with Crippen LogP contribution >= 0.6 is 23.2 Å². The van der Waals surface area contributed by atoms with Crippen molar-refractivity contribution in [3.8, 4) is 0 Å². The zero-order valence-electron chi connectivity index (χ0n) is 10.8. The lowest BCUT2D eigenvalue weighted by atomic mass is 9.99. The highest BCUT2D eigenvalue weighted by molar-refractivity contribution is 6.35. The van der Waals surface area contributed by atoms with E-state index in [-0.39, 0.29) is 15.6 Å². The molecule has 0 saturated carbocycles. The SMILES string of the molecule is FC(F)(F)c1cccc([CH]C(F)(F)c2ccc(Cl)cc2Cl)c1. The van der Waals surface area contributed by atoms with E-state index in [1.807, 2.05) is 0 Å². The van der Waals surface area contributed by atoms with E-state index in [0.29, 0.717) is 12.5 Å². The van der Waals surface area contributed by atoms with Crippen LogP contribution < -0.4 is 0 Å². The summed E-state index contributed by atoms with van der Waals surface area (Å²) in [5.41, 5.74) is -1.79. The van der Waals surface area contributed by atoms with Gasteiger partial charge in [-0.1, -0.05) is 47.5 Å². The zero-order valence-corrected chi connectivity index (χ0v) is 12.3. The average molecular weight is 354 g/mol. The number of halogens is 7. The Hall–Kier alpha value is -1.33. The van der Waals surface area contributed by atoms with Crippen LogP contribution in [-0.2, 0) is 12.1 Å².